The summed E-state index contributed by atoms with van der Waals surface area (Å²) in [5.41, 5.74) is 3.71. The molecule has 25 heavy (non-hydrogen) atoms. The monoisotopic (exact) mass is 361 g/mol. The van der Waals surface area contributed by atoms with Crippen LogP contribution in [-0.2, 0) is 15.8 Å². The number of nitrogens with two attached hydrogens (primary N) is 1. The van der Waals surface area contributed by atoms with E-state index in [-0.39, 0.29) is 11.6 Å². The fourth-order valence-corrected chi connectivity index (χ4v) is 3.67. The number of hydrogen-bond acceptors (Lipinski definition) is 3. The van der Waals surface area contributed by atoms with Gasteiger partial charge in [0.2, 0.25) is 10.0 Å². The van der Waals surface area contributed by atoms with Crippen LogP contribution in [0.3, 0.4) is 0 Å². The Bertz CT molecular complexity index is 961. The first-order valence-electron chi connectivity index (χ1n) is 7.87. The van der Waals surface area contributed by atoms with Crippen molar-refractivity contribution in [3.63, 3.8) is 0 Å². The van der Waals surface area contributed by atoms with Gasteiger partial charge in [0.05, 0.1) is 5.75 Å². The third kappa shape index (κ3) is 3.60. The van der Waals surface area contributed by atoms with Crippen LogP contribution in [-0.4, -0.2) is 14.0 Å². The highest BCUT2D eigenvalue weighted by Crippen LogP contribution is 2.44. The molecule has 0 radical (unpaired) electrons. The third-order valence-electron chi connectivity index (χ3n) is 4.46. The molecule has 2 N–H and O–H groups in total. The summed E-state index contributed by atoms with van der Waals surface area (Å²) in [7, 11) is -3.62. The molecule has 1 aliphatic heterocycles. The van der Waals surface area contributed by atoms with Crippen molar-refractivity contribution in [2.45, 2.75) is 32.1 Å². The number of hydrogen-bond donors (Lipinski definition) is 1. The lowest BCUT2D eigenvalue weighted by molar-refractivity contribution is 0.144. The zero-order valence-corrected chi connectivity index (χ0v) is 15.2. The van der Waals surface area contributed by atoms with Crippen LogP contribution in [0.5, 0.6) is 5.75 Å². The lowest BCUT2D eigenvalue weighted by Crippen LogP contribution is -2.33. The van der Waals surface area contributed by atoms with E-state index in [0.717, 1.165) is 22.3 Å². The van der Waals surface area contributed by atoms with Gasteiger partial charge in [0, 0.05) is 5.56 Å². The van der Waals surface area contributed by atoms with Gasteiger partial charge < -0.3 is 4.74 Å². The van der Waals surface area contributed by atoms with E-state index >= 15 is 0 Å². The summed E-state index contributed by atoms with van der Waals surface area (Å²) >= 11 is 0. The molecule has 2 aromatic carbocycles. The van der Waals surface area contributed by atoms with E-state index in [0.29, 0.717) is 11.3 Å². The standard InChI is InChI=1S/C19H20FNO3S/c1-12-18(14-5-7-15(20)8-6-14)16-9-4-13(11-25(21,22)23)10-17(16)24-19(12,2)3/h4-10H,11H2,1-3H3,(H2,21,22,23). The van der Waals surface area contributed by atoms with Gasteiger partial charge in [-0.05, 0) is 61.2 Å². The summed E-state index contributed by atoms with van der Waals surface area (Å²) in [6.07, 6.45) is 0. The SMILES string of the molecule is CC1=C(c2ccc(F)cc2)c2ccc(CS(N)(=O)=O)cc2OC1(C)C. The van der Waals surface area contributed by atoms with E-state index in [1.807, 2.05) is 26.8 Å². The highest BCUT2D eigenvalue weighted by molar-refractivity contribution is 7.88. The van der Waals surface area contributed by atoms with Crippen LogP contribution in [0.2, 0.25) is 0 Å². The molecule has 0 aromatic heterocycles. The maximum absolute atomic E-state index is 13.3. The van der Waals surface area contributed by atoms with Crippen LogP contribution < -0.4 is 9.88 Å². The first kappa shape index (κ1) is 17.6. The summed E-state index contributed by atoms with van der Waals surface area (Å²) in [5.74, 6) is 0.0478. The van der Waals surface area contributed by atoms with Crippen molar-refractivity contribution in [1.29, 1.82) is 0 Å². The Morgan fingerprint density at radius 2 is 1.76 bits per heavy atom. The zero-order valence-electron chi connectivity index (χ0n) is 14.3. The van der Waals surface area contributed by atoms with Crippen LogP contribution in [0, 0.1) is 5.82 Å². The fraction of sp³-hybridized carbons (Fsp3) is 0.263. The molecule has 0 amide bonds. The molecule has 4 nitrogen and oxygen atoms in total. The first-order valence-corrected chi connectivity index (χ1v) is 9.58. The molecule has 1 heterocycles. The number of benzene rings is 2. The number of primary sulfonamides is 1. The smallest absolute Gasteiger partial charge is 0.213 e. The molecule has 0 unspecified atom stereocenters. The number of halogens is 1. The summed E-state index contributed by atoms with van der Waals surface area (Å²) in [4.78, 5) is 0. The van der Waals surface area contributed by atoms with Crippen molar-refractivity contribution >= 4 is 15.6 Å². The second-order valence-electron chi connectivity index (χ2n) is 6.76. The minimum Gasteiger partial charge on any atom is -0.483 e. The Morgan fingerprint density at radius 3 is 2.36 bits per heavy atom. The molecule has 0 saturated carbocycles. The lowest BCUT2D eigenvalue weighted by Gasteiger charge is -2.36. The summed E-state index contributed by atoms with van der Waals surface area (Å²) < 4.78 is 42.1. The third-order valence-corrected chi connectivity index (χ3v) is 5.20. The van der Waals surface area contributed by atoms with Crippen molar-refractivity contribution in [2.75, 3.05) is 0 Å². The van der Waals surface area contributed by atoms with Gasteiger partial charge in [-0.15, -0.1) is 0 Å². The summed E-state index contributed by atoms with van der Waals surface area (Å²) in [5, 5.41) is 5.14. The van der Waals surface area contributed by atoms with E-state index in [4.69, 9.17) is 9.88 Å². The summed E-state index contributed by atoms with van der Waals surface area (Å²) in [6.45, 7) is 5.88. The van der Waals surface area contributed by atoms with E-state index in [9.17, 15) is 12.8 Å². The predicted octanol–water partition coefficient (Wildman–Crippen LogP) is 3.61. The Hall–Kier alpha value is -2.18. The van der Waals surface area contributed by atoms with Gasteiger partial charge in [-0.25, -0.2) is 17.9 Å². The zero-order chi connectivity index (χ0) is 18.4. The highest BCUT2D eigenvalue weighted by Gasteiger charge is 2.33. The van der Waals surface area contributed by atoms with Crippen molar-refractivity contribution in [3.05, 3.63) is 70.5 Å². The Balaban J connectivity index is 2.17. The van der Waals surface area contributed by atoms with E-state index in [1.54, 1.807) is 24.3 Å². The first-order chi connectivity index (χ1) is 11.6. The average molecular weight is 361 g/mol. The van der Waals surface area contributed by atoms with Gasteiger partial charge in [-0.2, -0.15) is 0 Å². The molecular formula is C19H20FNO3S. The van der Waals surface area contributed by atoms with Crippen LogP contribution in [0.1, 0.15) is 37.5 Å². The van der Waals surface area contributed by atoms with Gasteiger partial charge in [0.1, 0.15) is 17.2 Å². The number of sulfonamides is 1. The van der Waals surface area contributed by atoms with Gasteiger partial charge in [0.15, 0.2) is 0 Å². The quantitative estimate of drug-likeness (QED) is 0.908. The van der Waals surface area contributed by atoms with Crippen molar-refractivity contribution in [2.24, 2.45) is 5.14 Å². The summed E-state index contributed by atoms with van der Waals surface area (Å²) in [6, 6.07) is 11.6. The van der Waals surface area contributed by atoms with Gasteiger partial charge >= 0.3 is 0 Å². The van der Waals surface area contributed by atoms with E-state index in [2.05, 4.69) is 0 Å². The molecule has 0 saturated heterocycles. The van der Waals surface area contributed by atoms with Gasteiger partial charge in [-0.1, -0.05) is 24.3 Å². The molecule has 0 atom stereocenters. The maximum Gasteiger partial charge on any atom is 0.213 e. The number of ether oxygens (including phenoxy) is 1. The highest BCUT2D eigenvalue weighted by atomic mass is 32.2. The largest absolute Gasteiger partial charge is 0.483 e. The molecule has 0 fully saturated rings. The Labute approximate surface area is 147 Å². The molecule has 0 bridgehead atoms. The molecule has 2 aromatic rings. The lowest BCUT2D eigenvalue weighted by atomic mass is 9.83. The molecule has 3 rings (SSSR count). The van der Waals surface area contributed by atoms with Crippen molar-refractivity contribution in [1.82, 2.24) is 0 Å². The second kappa shape index (κ2) is 5.97. The van der Waals surface area contributed by atoms with Crippen LogP contribution >= 0.6 is 0 Å². The van der Waals surface area contributed by atoms with Crippen LogP contribution in [0.15, 0.2) is 48.0 Å². The molecule has 132 valence electrons. The number of rotatable bonds is 3. The number of fused-ring (bicyclic) bond motifs is 1. The molecule has 6 heteroatoms. The Morgan fingerprint density at radius 1 is 1.12 bits per heavy atom. The van der Waals surface area contributed by atoms with E-state index in [1.165, 1.54) is 12.1 Å². The van der Waals surface area contributed by atoms with E-state index < -0.39 is 15.6 Å². The van der Waals surface area contributed by atoms with Crippen molar-refractivity contribution in [3.8, 4) is 5.75 Å². The minimum absolute atomic E-state index is 0.251. The fourth-order valence-electron chi connectivity index (χ4n) is 3.02. The molecule has 0 spiro atoms. The van der Waals surface area contributed by atoms with Gasteiger partial charge in [0.25, 0.3) is 0 Å². The average Bonchev–Trinajstić information content (AvgIpc) is 2.48. The molecular weight excluding hydrogens is 341 g/mol. The predicted molar refractivity (Wildman–Crippen MR) is 96.1 cm³/mol. The normalized spacial score (nSPS) is 16.4. The Kier molecular flexibility index (Phi) is 4.21. The van der Waals surface area contributed by atoms with Gasteiger partial charge in [-0.3, -0.25) is 0 Å². The maximum atomic E-state index is 13.3. The molecule has 1 aliphatic rings. The van der Waals surface area contributed by atoms with Crippen LogP contribution in [0.25, 0.3) is 5.57 Å². The second-order valence-corrected chi connectivity index (χ2v) is 8.37. The molecule has 0 aliphatic carbocycles. The van der Waals surface area contributed by atoms with Crippen molar-refractivity contribution < 1.29 is 17.5 Å². The minimum atomic E-state index is -3.62. The topological polar surface area (TPSA) is 69.4 Å². The van der Waals surface area contributed by atoms with Crippen LogP contribution in [0.4, 0.5) is 4.39 Å².